The summed E-state index contributed by atoms with van der Waals surface area (Å²) in [5.74, 6) is 0.728. The van der Waals surface area contributed by atoms with Crippen LogP contribution < -0.4 is 5.32 Å². The van der Waals surface area contributed by atoms with Crippen molar-refractivity contribution in [2.45, 2.75) is 19.3 Å². The first-order valence-corrected chi connectivity index (χ1v) is 6.28. The summed E-state index contributed by atoms with van der Waals surface area (Å²) < 4.78 is 5.00. The van der Waals surface area contributed by atoms with Crippen LogP contribution in [0.15, 0.2) is 24.3 Å². The predicted octanol–water partition coefficient (Wildman–Crippen LogP) is 3.31. The highest BCUT2D eigenvalue weighted by molar-refractivity contribution is 6.17. The number of benzene rings is 1. The smallest absolute Gasteiger partial charge is 0.0479 e. The monoisotopic (exact) mass is 241 g/mol. The molecule has 2 nitrogen and oxygen atoms in total. The molecule has 0 aliphatic carbocycles. The minimum absolute atomic E-state index is 0.728. The van der Waals surface area contributed by atoms with Gasteiger partial charge in [0.2, 0.25) is 0 Å². The highest BCUT2D eigenvalue weighted by Crippen LogP contribution is 2.12. The van der Waals surface area contributed by atoms with Gasteiger partial charge in [-0.2, -0.15) is 0 Å². The van der Waals surface area contributed by atoms with E-state index in [0.29, 0.717) is 0 Å². The number of hydrogen-bond donors (Lipinski definition) is 1. The fourth-order valence-electron chi connectivity index (χ4n) is 1.56. The molecule has 1 aromatic rings. The molecule has 0 saturated carbocycles. The average molecular weight is 242 g/mol. The molecule has 1 rings (SSSR count). The Labute approximate surface area is 103 Å². The number of anilines is 1. The molecule has 0 radical (unpaired) electrons. The Bertz CT molecular complexity index is 291. The summed E-state index contributed by atoms with van der Waals surface area (Å²) in [4.78, 5) is 0. The summed E-state index contributed by atoms with van der Waals surface area (Å²) in [5, 5.41) is 3.38. The topological polar surface area (TPSA) is 21.3 Å². The van der Waals surface area contributed by atoms with Crippen LogP contribution in [0.4, 0.5) is 5.69 Å². The van der Waals surface area contributed by atoms with Gasteiger partial charge in [0.25, 0.3) is 0 Å². The lowest BCUT2D eigenvalue weighted by Crippen LogP contribution is -2.04. The van der Waals surface area contributed by atoms with Crippen LogP contribution in [0.1, 0.15) is 18.4 Å². The van der Waals surface area contributed by atoms with E-state index in [4.69, 9.17) is 16.3 Å². The summed E-state index contributed by atoms with van der Waals surface area (Å²) in [6.07, 6.45) is 3.12. The molecule has 1 N–H and O–H groups in total. The fourth-order valence-corrected chi connectivity index (χ4v) is 1.69. The zero-order chi connectivity index (χ0) is 11.6. The van der Waals surface area contributed by atoms with Gasteiger partial charge in [0.15, 0.2) is 0 Å². The Morgan fingerprint density at radius 2 is 2.19 bits per heavy atom. The highest BCUT2D eigenvalue weighted by Gasteiger charge is 1.95. The lowest BCUT2D eigenvalue weighted by molar-refractivity contribution is 0.198. The molecule has 90 valence electrons. The van der Waals surface area contributed by atoms with E-state index in [1.807, 2.05) is 0 Å². The average Bonchev–Trinajstić information content (AvgIpc) is 2.33. The number of hydrogen-bond acceptors (Lipinski definition) is 2. The Morgan fingerprint density at radius 3 is 2.94 bits per heavy atom. The quantitative estimate of drug-likeness (QED) is 0.557. The van der Waals surface area contributed by atoms with Gasteiger partial charge in [0.1, 0.15) is 0 Å². The van der Waals surface area contributed by atoms with Crippen LogP contribution in [0.5, 0.6) is 0 Å². The van der Waals surface area contributed by atoms with Crippen molar-refractivity contribution in [2.75, 3.05) is 31.5 Å². The Morgan fingerprint density at radius 1 is 1.31 bits per heavy atom. The minimum atomic E-state index is 0.728. The van der Waals surface area contributed by atoms with Crippen LogP contribution in [0, 0.1) is 0 Å². The normalized spacial score (nSPS) is 10.4. The molecular formula is C13H20ClNO. The van der Waals surface area contributed by atoms with E-state index < -0.39 is 0 Å². The molecule has 3 heteroatoms. The molecule has 0 saturated heterocycles. The summed E-state index contributed by atoms with van der Waals surface area (Å²) in [6.45, 7) is 1.76. The molecule has 0 spiro atoms. The summed E-state index contributed by atoms with van der Waals surface area (Å²) in [7, 11) is 1.73. The SMILES string of the molecule is COCCCNc1cccc(CCCCl)c1. The van der Waals surface area contributed by atoms with Gasteiger partial charge in [-0.05, 0) is 37.0 Å². The molecule has 0 aliphatic heterocycles. The second kappa shape index (κ2) is 8.43. The zero-order valence-electron chi connectivity index (χ0n) is 9.84. The summed E-state index contributed by atoms with van der Waals surface area (Å²) in [5.41, 5.74) is 2.53. The maximum Gasteiger partial charge on any atom is 0.0479 e. The fraction of sp³-hybridized carbons (Fsp3) is 0.538. The number of nitrogens with one attached hydrogen (secondary N) is 1. The van der Waals surface area contributed by atoms with Gasteiger partial charge in [-0.25, -0.2) is 0 Å². The van der Waals surface area contributed by atoms with Gasteiger partial charge in [0.05, 0.1) is 0 Å². The van der Waals surface area contributed by atoms with Gasteiger partial charge in [-0.15, -0.1) is 11.6 Å². The third kappa shape index (κ3) is 5.38. The number of methoxy groups -OCH3 is 1. The number of aryl methyl sites for hydroxylation is 1. The number of rotatable bonds is 8. The first-order chi connectivity index (χ1) is 7.86. The second-order valence-electron chi connectivity index (χ2n) is 3.77. The standard InChI is InChI=1S/C13H20ClNO/c1-16-10-4-9-15-13-7-2-5-12(11-13)6-3-8-14/h2,5,7,11,15H,3-4,6,8-10H2,1H3. The molecule has 16 heavy (non-hydrogen) atoms. The number of ether oxygens (including phenoxy) is 1. The van der Waals surface area contributed by atoms with Crippen molar-refractivity contribution in [1.82, 2.24) is 0 Å². The first-order valence-electron chi connectivity index (χ1n) is 5.74. The van der Waals surface area contributed by atoms with Crippen molar-refractivity contribution >= 4 is 17.3 Å². The van der Waals surface area contributed by atoms with E-state index in [2.05, 4.69) is 29.6 Å². The van der Waals surface area contributed by atoms with Crippen molar-refractivity contribution < 1.29 is 4.74 Å². The van der Waals surface area contributed by atoms with Crippen molar-refractivity contribution in [3.05, 3.63) is 29.8 Å². The van der Waals surface area contributed by atoms with Gasteiger partial charge in [-0.3, -0.25) is 0 Å². The molecule has 0 bridgehead atoms. The Balaban J connectivity index is 2.35. The van der Waals surface area contributed by atoms with Crippen LogP contribution in [0.3, 0.4) is 0 Å². The first kappa shape index (κ1) is 13.3. The van der Waals surface area contributed by atoms with Crippen LogP contribution in [-0.2, 0) is 11.2 Å². The lowest BCUT2D eigenvalue weighted by Gasteiger charge is -2.07. The van der Waals surface area contributed by atoms with Gasteiger partial charge < -0.3 is 10.1 Å². The third-order valence-electron chi connectivity index (χ3n) is 2.38. The molecule has 0 atom stereocenters. The van der Waals surface area contributed by atoms with Crippen molar-refractivity contribution in [3.8, 4) is 0 Å². The van der Waals surface area contributed by atoms with Crippen LogP contribution >= 0.6 is 11.6 Å². The van der Waals surface area contributed by atoms with E-state index in [1.54, 1.807) is 7.11 Å². The van der Waals surface area contributed by atoms with E-state index in [1.165, 1.54) is 11.3 Å². The maximum absolute atomic E-state index is 5.68. The molecule has 0 fully saturated rings. The van der Waals surface area contributed by atoms with Gasteiger partial charge in [-0.1, -0.05) is 12.1 Å². The van der Waals surface area contributed by atoms with Crippen LogP contribution in [0.2, 0.25) is 0 Å². The van der Waals surface area contributed by atoms with E-state index in [-0.39, 0.29) is 0 Å². The molecule has 0 amide bonds. The minimum Gasteiger partial charge on any atom is -0.385 e. The van der Waals surface area contributed by atoms with Crippen molar-refractivity contribution in [1.29, 1.82) is 0 Å². The van der Waals surface area contributed by atoms with E-state index in [9.17, 15) is 0 Å². The van der Waals surface area contributed by atoms with E-state index >= 15 is 0 Å². The van der Waals surface area contributed by atoms with E-state index in [0.717, 1.165) is 38.3 Å². The van der Waals surface area contributed by atoms with Crippen LogP contribution in [-0.4, -0.2) is 26.1 Å². The third-order valence-corrected chi connectivity index (χ3v) is 2.65. The Kier molecular flexibility index (Phi) is 7.02. The number of halogens is 1. The Hall–Kier alpha value is -0.730. The highest BCUT2D eigenvalue weighted by atomic mass is 35.5. The summed E-state index contributed by atoms with van der Waals surface area (Å²) in [6, 6.07) is 8.52. The van der Waals surface area contributed by atoms with Crippen molar-refractivity contribution in [3.63, 3.8) is 0 Å². The van der Waals surface area contributed by atoms with Crippen LogP contribution in [0.25, 0.3) is 0 Å². The molecule has 0 aliphatic rings. The second-order valence-corrected chi connectivity index (χ2v) is 4.14. The molecule has 1 aromatic carbocycles. The molecule has 0 aromatic heterocycles. The largest absolute Gasteiger partial charge is 0.385 e. The predicted molar refractivity (Wildman–Crippen MR) is 70.5 cm³/mol. The zero-order valence-corrected chi connectivity index (χ0v) is 10.6. The number of alkyl halides is 1. The molecule has 0 unspecified atom stereocenters. The van der Waals surface area contributed by atoms with Gasteiger partial charge in [0, 0.05) is 31.8 Å². The molecular weight excluding hydrogens is 222 g/mol. The lowest BCUT2D eigenvalue weighted by atomic mass is 10.1. The maximum atomic E-state index is 5.68. The van der Waals surface area contributed by atoms with Gasteiger partial charge >= 0.3 is 0 Å². The molecule has 0 heterocycles. The van der Waals surface area contributed by atoms with Crippen molar-refractivity contribution in [2.24, 2.45) is 0 Å². The summed E-state index contributed by atoms with van der Waals surface area (Å²) >= 11 is 5.68.